The van der Waals surface area contributed by atoms with Crippen molar-refractivity contribution in [2.45, 2.75) is 13.8 Å². The lowest BCUT2D eigenvalue weighted by Crippen LogP contribution is -2.13. The van der Waals surface area contributed by atoms with Crippen LogP contribution in [0.3, 0.4) is 0 Å². The second kappa shape index (κ2) is 6.48. The van der Waals surface area contributed by atoms with Gasteiger partial charge in [-0.2, -0.15) is 0 Å². The SMILES string of the molecule is Cc1ccc(C)c(-c2csc(NC(=O)c3cc(Cl)ccn3)n2)c1. The Morgan fingerprint density at radius 1 is 1.22 bits per heavy atom. The van der Waals surface area contributed by atoms with Crippen LogP contribution in [0.5, 0.6) is 0 Å². The fourth-order valence-electron chi connectivity index (χ4n) is 2.16. The topological polar surface area (TPSA) is 54.9 Å². The van der Waals surface area contributed by atoms with Crippen molar-refractivity contribution in [2.75, 3.05) is 5.32 Å². The maximum Gasteiger partial charge on any atom is 0.276 e. The molecule has 4 nitrogen and oxygen atoms in total. The van der Waals surface area contributed by atoms with Crippen LogP contribution in [-0.2, 0) is 0 Å². The summed E-state index contributed by atoms with van der Waals surface area (Å²) >= 11 is 7.26. The van der Waals surface area contributed by atoms with Gasteiger partial charge in [0.25, 0.3) is 5.91 Å². The summed E-state index contributed by atoms with van der Waals surface area (Å²) in [6, 6.07) is 9.38. The molecule has 0 radical (unpaired) electrons. The molecular formula is C17H14ClN3OS. The van der Waals surface area contributed by atoms with Crippen LogP contribution in [0.1, 0.15) is 21.6 Å². The number of carbonyl (C=O) groups is 1. The Kier molecular flexibility index (Phi) is 4.41. The molecule has 116 valence electrons. The summed E-state index contributed by atoms with van der Waals surface area (Å²) in [5, 5.41) is 5.70. The van der Waals surface area contributed by atoms with Crippen molar-refractivity contribution in [3.8, 4) is 11.3 Å². The van der Waals surface area contributed by atoms with E-state index in [0.717, 1.165) is 16.8 Å². The van der Waals surface area contributed by atoms with Crippen molar-refractivity contribution in [3.63, 3.8) is 0 Å². The number of halogens is 1. The lowest BCUT2D eigenvalue weighted by Gasteiger charge is -2.04. The van der Waals surface area contributed by atoms with Gasteiger partial charge in [-0.25, -0.2) is 4.98 Å². The first-order valence-electron chi connectivity index (χ1n) is 6.99. The smallest absolute Gasteiger partial charge is 0.276 e. The number of carbonyl (C=O) groups excluding carboxylic acids is 1. The van der Waals surface area contributed by atoms with Gasteiger partial charge in [0.2, 0.25) is 0 Å². The number of hydrogen-bond acceptors (Lipinski definition) is 4. The van der Waals surface area contributed by atoms with Crippen LogP contribution in [0.15, 0.2) is 41.9 Å². The van der Waals surface area contributed by atoms with Crippen molar-refractivity contribution in [3.05, 3.63) is 63.8 Å². The zero-order chi connectivity index (χ0) is 16.4. The number of amides is 1. The van der Waals surface area contributed by atoms with Gasteiger partial charge < -0.3 is 0 Å². The van der Waals surface area contributed by atoms with Crippen molar-refractivity contribution in [1.82, 2.24) is 9.97 Å². The summed E-state index contributed by atoms with van der Waals surface area (Å²) in [6.45, 7) is 4.09. The fraction of sp³-hybridized carbons (Fsp3) is 0.118. The molecule has 0 aliphatic heterocycles. The molecular weight excluding hydrogens is 330 g/mol. The summed E-state index contributed by atoms with van der Waals surface area (Å²) in [4.78, 5) is 20.7. The van der Waals surface area contributed by atoms with E-state index in [1.54, 1.807) is 6.07 Å². The molecule has 2 aromatic heterocycles. The van der Waals surface area contributed by atoms with Crippen LogP contribution >= 0.6 is 22.9 Å². The fourth-order valence-corrected chi connectivity index (χ4v) is 3.02. The highest BCUT2D eigenvalue weighted by Crippen LogP contribution is 2.28. The Labute approximate surface area is 143 Å². The van der Waals surface area contributed by atoms with Crippen LogP contribution in [-0.4, -0.2) is 15.9 Å². The molecule has 3 rings (SSSR count). The average Bonchev–Trinajstić information content (AvgIpc) is 2.98. The molecule has 0 bridgehead atoms. The Bertz CT molecular complexity index is 876. The molecule has 1 N–H and O–H groups in total. The van der Waals surface area contributed by atoms with Crippen LogP contribution in [0.2, 0.25) is 5.02 Å². The quantitative estimate of drug-likeness (QED) is 0.748. The minimum atomic E-state index is -0.325. The molecule has 0 unspecified atom stereocenters. The van der Waals surface area contributed by atoms with Gasteiger partial charge in [-0.15, -0.1) is 11.3 Å². The lowest BCUT2D eigenvalue weighted by molar-refractivity contribution is 0.102. The maximum atomic E-state index is 12.2. The highest BCUT2D eigenvalue weighted by Gasteiger charge is 2.12. The van der Waals surface area contributed by atoms with E-state index in [1.807, 2.05) is 19.2 Å². The van der Waals surface area contributed by atoms with Gasteiger partial charge >= 0.3 is 0 Å². The van der Waals surface area contributed by atoms with E-state index in [1.165, 1.54) is 29.2 Å². The third kappa shape index (κ3) is 3.57. The van der Waals surface area contributed by atoms with E-state index >= 15 is 0 Å². The Balaban J connectivity index is 1.82. The van der Waals surface area contributed by atoms with Gasteiger partial charge in [0.1, 0.15) is 5.69 Å². The Hall–Kier alpha value is -2.24. The van der Waals surface area contributed by atoms with E-state index in [0.29, 0.717) is 10.2 Å². The van der Waals surface area contributed by atoms with Crippen molar-refractivity contribution >= 4 is 34.0 Å². The normalized spacial score (nSPS) is 10.6. The van der Waals surface area contributed by atoms with E-state index in [2.05, 4.69) is 33.5 Å². The van der Waals surface area contributed by atoms with Crippen LogP contribution < -0.4 is 5.32 Å². The van der Waals surface area contributed by atoms with Crippen molar-refractivity contribution in [1.29, 1.82) is 0 Å². The predicted octanol–water partition coefficient (Wildman–Crippen LogP) is 4.73. The lowest BCUT2D eigenvalue weighted by atomic mass is 10.0. The molecule has 3 aromatic rings. The van der Waals surface area contributed by atoms with Gasteiger partial charge in [0.15, 0.2) is 5.13 Å². The first-order chi connectivity index (χ1) is 11.0. The molecule has 1 amide bonds. The number of rotatable bonds is 3. The van der Waals surface area contributed by atoms with Crippen molar-refractivity contribution in [2.24, 2.45) is 0 Å². The number of hydrogen-bond donors (Lipinski definition) is 1. The summed E-state index contributed by atoms with van der Waals surface area (Å²) in [6.07, 6.45) is 1.50. The molecule has 0 saturated heterocycles. The van der Waals surface area contributed by atoms with Gasteiger partial charge in [-0.3, -0.25) is 15.1 Å². The van der Waals surface area contributed by atoms with E-state index in [-0.39, 0.29) is 11.6 Å². The van der Waals surface area contributed by atoms with E-state index in [9.17, 15) is 4.79 Å². The molecule has 0 spiro atoms. The molecule has 0 fully saturated rings. The summed E-state index contributed by atoms with van der Waals surface area (Å²) in [5.41, 5.74) is 4.51. The minimum absolute atomic E-state index is 0.265. The number of benzene rings is 1. The predicted molar refractivity (Wildman–Crippen MR) is 94.2 cm³/mol. The number of aryl methyl sites for hydroxylation is 2. The Morgan fingerprint density at radius 2 is 2.04 bits per heavy atom. The molecule has 0 aliphatic carbocycles. The van der Waals surface area contributed by atoms with Crippen molar-refractivity contribution < 1.29 is 4.79 Å². The first-order valence-corrected chi connectivity index (χ1v) is 8.25. The molecule has 6 heteroatoms. The summed E-state index contributed by atoms with van der Waals surface area (Å²) in [7, 11) is 0. The van der Waals surface area contributed by atoms with Crippen LogP contribution in [0.25, 0.3) is 11.3 Å². The average molecular weight is 344 g/mol. The molecule has 23 heavy (non-hydrogen) atoms. The zero-order valence-corrected chi connectivity index (χ0v) is 14.2. The number of aromatic nitrogens is 2. The number of thiazole rings is 1. The second-order valence-corrected chi connectivity index (χ2v) is 6.46. The number of nitrogens with zero attached hydrogens (tertiary/aromatic N) is 2. The monoisotopic (exact) mass is 343 g/mol. The molecule has 2 heterocycles. The van der Waals surface area contributed by atoms with Gasteiger partial charge in [0.05, 0.1) is 5.69 Å². The van der Waals surface area contributed by atoms with Gasteiger partial charge in [-0.05, 0) is 37.6 Å². The zero-order valence-electron chi connectivity index (χ0n) is 12.6. The van der Waals surface area contributed by atoms with Crippen LogP contribution in [0, 0.1) is 13.8 Å². The maximum absolute atomic E-state index is 12.2. The number of anilines is 1. The second-order valence-electron chi connectivity index (χ2n) is 5.17. The number of nitrogens with one attached hydrogen (secondary N) is 1. The van der Waals surface area contributed by atoms with E-state index in [4.69, 9.17) is 11.6 Å². The highest BCUT2D eigenvalue weighted by atomic mass is 35.5. The standard InChI is InChI=1S/C17H14ClN3OS/c1-10-3-4-11(2)13(7-10)15-9-23-17(20-15)21-16(22)14-8-12(18)5-6-19-14/h3-9H,1-2H3,(H,20,21,22). The Morgan fingerprint density at radius 3 is 2.83 bits per heavy atom. The van der Waals surface area contributed by atoms with Gasteiger partial charge in [-0.1, -0.05) is 29.3 Å². The molecule has 0 saturated carbocycles. The number of pyridine rings is 1. The summed E-state index contributed by atoms with van der Waals surface area (Å²) < 4.78 is 0. The molecule has 0 aliphatic rings. The third-order valence-corrected chi connectivity index (χ3v) is 4.34. The minimum Gasteiger partial charge on any atom is -0.296 e. The third-order valence-electron chi connectivity index (χ3n) is 3.35. The first kappa shape index (κ1) is 15.6. The highest BCUT2D eigenvalue weighted by molar-refractivity contribution is 7.14. The van der Waals surface area contributed by atoms with Gasteiger partial charge in [0, 0.05) is 22.2 Å². The molecule has 1 aromatic carbocycles. The molecule has 0 atom stereocenters. The van der Waals surface area contributed by atoms with E-state index < -0.39 is 0 Å². The largest absolute Gasteiger partial charge is 0.296 e. The van der Waals surface area contributed by atoms with Crippen LogP contribution in [0.4, 0.5) is 5.13 Å². The summed E-state index contributed by atoms with van der Waals surface area (Å²) in [5.74, 6) is -0.325.